The lowest BCUT2D eigenvalue weighted by atomic mass is 10.0. The van der Waals surface area contributed by atoms with E-state index in [-0.39, 0.29) is 12.3 Å². The van der Waals surface area contributed by atoms with Crippen LogP contribution in [0.2, 0.25) is 0 Å². The number of ether oxygens (including phenoxy) is 1. The number of hydrogen-bond acceptors (Lipinski definition) is 3. The number of hydrogen-bond donors (Lipinski definition) is 2. The summed E-state index contributed by atoms with van der Waals surface area (Å²) >= 11 is 0. The average Bonchev–Trinajstić information content (AvgIpc) is 3.18. The first kappa shape index (κ1) is 20.7. The minimum absolute atomic E-state index is 0.0704. The van der Waals surface area contributed by atoms with Gasteiger partial charge in [-0.05, 0) is 36.8 Å². The molecule has 0 aliphatic carbocycles. The van der Waals surface area contributed by atoms with E-state index in [4.69, 9.17) is 4.74 Å². The fourth-order valence-corrected chi connectivity index (χ4v) is 2.73. The molecule has 0 unspecified atom stereocenters. The summed E-state index contributed by atoms with van der Waals surface area (Å²) in [7, 11) is 0. The number of anilines is 1. The van der Waals surface area contributed by atoms with Crippen LogP contribution in [0.1, 0.15) is 22.3 Å². The van der Waals surface area contributed by atoms with Crippen molar-refractivity contribution in [1.82, 2.24) is 5.32 Å². The van der Waals surface area contributed by atoms with E-state index in [1.54, 1.807) is 0 Å². The number of carbonyl (C=O) groups is 2. The smallest absolute Gasteiger partial charge is 0.352 e. The maximum Gasteiger partial charge on any atom is 0.352 e. The Morgan fingerprint density at radius 3 is 2.38 bits per heavy atom. The maximum absolute atomic E-state index is 14.5. The molecule has 2 aromatic carbocycles. The number of rotatable bonds is 5. The molecule has 0 aromatic heterocycles. The van der Waals surface area contributed by atoms with Crippen LogP contribution in [0.4, 0.5) is 27.6 Å². The lowest BCUT2D eigenvalue weighted by molar-refractivity contribution is -0.148. The predicted octanol–water partition coefficient (Wildman–Crippen LogP) is 3.35. The predicted molar refractivity (Wildman–Crippen MR) is 92.0 cm³/mol. The molecule has 1 atom stereocenters. The molecule has 0 spiro atoms. The van der Waals surface area contributed by atoms with Crippen molar-refractivity contribution >= 4 is 17.5 Å². The zero-order valence-electron chi connectivity index (χ0n) is 14.8. The standard InChI is InChI=1S/C19H15F5N2O3/c20-14-3-1-10(17(27)25-11-2-4-15(21)16(22)8-11)7-13(14)19(23,24)18(28)26-12-5-6-29-9-12/h1-4,7-8,12H,5-6,9H2,(H,25,27)(H,26,28)/t12-/m0/s1. The fourth-order valence-electron chi connectivity index (χ4n) is 2.73. The van der Waals surface area contributed by atoms with Crippen molar-refractivity contribution < 1.29 is 36.3 Å². The van der Waals surface area contributed by atoms with Crippen molar-refractivity contribution in [3.63, 3.8) is 0 Å². The first-order valence-corrected chi connectivity index (χ1v) is 8.51. The van der Waals surface area contributed by atoms with Gasteiger partial charge in [-0.2, -0.15) is 8.78 Å². The molecule has 29 heavy (non-hydrogen) atoms. The molecule has 1 aliphatic heterocycles. The van der Waals surface area contributed by atoms with E-state index in [2.05, 4.69) is 10.6 Å². The summed E-state index contributed by atoms with van der Waals surface area (Å²) in [4.78, 5) is 24.2. The normalized spacial score (nSPS) is 16.5. The minimum atomic E-state index is -4.25. The maximum atomic E-state index is 14.5. The summed E-state index contributed by atoms with van der Waals surface area (Å²) in [5, 5.41) is 4.27. The summed E-state index contributed by atoms with van der Waals surface area (Å²) in [5.74, 6) is -10.7. The summed E-state index contributed by atoms with van der Waals surface area (Å²) < 4.78 is 74.2. The van der Waals surface area contributed by atoms with Crippen molar-refractivity contribution in [3.05, 3.63) is 65.0 Å². The lowest BCUT2D eigenvalue weighted by Crippen LogP contribution is -2.44. The van der Waals surface area contributed by atoms with Gasteiger partial charge in [-0.15, -0.1) is 0 Å². The molecule has 2 amide bonds. The van der Waals surface area contributed by atoms with Crippen LogP contribution in [0.15, 0.2) is 36.4 Å². The molecule has 1 aliphatic rings. The molecule has 154 valence electrons. The molecule has 3 rings (SSSR count). The highest BCUT2D eigenvalue weighted by atomic mass is 19.3. The van der Waals surface area contributed by atoms with Gasteiger partial charge in [0.1, 0.15) is 5.82 Å². The van der Waals surface area contributed by atoms with Crippen molar-refractivity contribution in [2.75, 3.05) is 18.5 Å². The third-order valence-corrected chi connectivity index (χ3v) is 4.29. The van der Waals surface area contributed by atoms with Crippen LogP contribution in [0, 0.1) is 17.5 Å². The van der Waals surface area contributed by atoms with Crippen LogP contribution in [0.25, 0.3) is 0 Å². The highest BCUT2D eigenvalue weighted by Crippen LogP contribution is 2.32. The second-order valence-corrected chi connectivity index (χ2v) is 6.39. The highest BCUT2D eigenvalue weighted by molar-refractivity contribution is 6.04. The molecule has 2 aromatic rings. The van der Waals surface area contributed by atoms with Crippen LogP contribution >= 0.6 is 0 Å². The molecular weight excluding hydrogens is 399 g/mol. The minimum Gasteiger partial charge on any atom is -0.379 e. The molecule has 0 saturated carbocycles. The zero-order valence-corrected chi connectivity index (χ0v) is 14.8. The molecule has 0 radical (unpaired) electrons. The van der Waals surface area contributed by atoms with E-state index >= 15 is 0 Å². The highest BCUT2D eigenvalue weighted by Gasteiger charge is 2.44. The monoisotopic (exact) mass is 414 g/mol. The summed E-state index contributed by atoms with van der Waals surface area (Å²) in [6.45, 7) is 0.380. The molecule has 1 saturated heterocycles. The van der Waals surface area contributed by atoms with Crippen LogP contribution in [-0.4, -0.2) is 31.1 Å². The first-order chi connectivity index (χ1) is 13.7. The van der Waals surface area contributed by atoms with E-state index < -0.39 is 52.4 Å². The number of benzene rings is 2. The van der Waals surface area contributed by atoms with Crippen molar-refractivity contribution in [3.8, 4) is 0 Å². The van der Waals surface area contributed by atoms with Crippen LogP contribution in [0.5, 0.6) is 0 Å². The van der Waals surface area contributed by atoms with Gasteiger partial charge in [0.15, 0.2) is 11.6 Å². The number of amides is 2. The van der Waals surface area contributed by atoms with Gasteiger partial charge < -0.3 is 15.4 Å². The summed E-state index contributed by atoms with van der Waals surface area (Å²) in [6, 6.07) is 4.00. The van der Waals surface area contributed by atoms with Gasteiger partial charge in [-0.1, -0.05) is 0 Å². The van der Waals surface area contributed by atoms with Crippen molar-refractivity contribution in [2.24, 2.45) is 0 Å². The third kappa shape index (κ3) is 4.53. The zero-order chi connectivity index (χ0) is 21.2. The second kappa shape index (κ2) is 8.16. The Morgan fingerprint density at radius 1 is 1.00 bits per heavy atom. The molecule has 1 heterocycles. The van der Waals surface area contributed by atoms with E-state index in [9.17, 15) is 31.5 Å². The Bertz CT molecular complexity index is 945. The molecule has 10 heteroatoms. The van der Waals surface area contributed by atoms with Crippen molar-refractivity contribution in [1.29, 1.82) is 0 Å². The van der Waals surface area contributed by atoms with E-state index in [1.807, 2.05) is 0 Å². The van der Waals surface area contributed by atoms with Gasteiger partial charge in [0.05, 0.1) is 18.2 Å². The first-order valence-electron chi connectivity index (χ1n) is 8.51. The Labute approximate surface area is 161 Å². The summed E-state index contributed by atoms with van der Waals surface area (Å²) in [5.41, 5.74) is -1.82. The Balaban J connectivity index is 1.81. The van der Waals surface area contributed by atoms with Crippen LogP contribution < -0.4 is 10.6 Å². The summed E-state index contributed by atoms with van der Waals surface area (Å²) in [6.07, 6.45) is 0.348. The molecular formula is C19H15F5N2O3. The van der Waals surface area contributed by atoms with Gasteiger partial charge >= 0.3 is 5.92 Å². The Hall–Kier alpha value is -3.01. The number of nitrogens with one attached hydrogen (secondary N) is 2. The quantitative estimate of drug-likeness (QED) is 0.738. The van der Waals surface area contributed by atoms with E-state index in [0.717, 1.165) is 18.2 Å². The van der Waals surface area contributed by atoms with Crippen LogP contribution in [0.3, 0.4) is 0 Å². The van der Waals surface area contributed by atoms with E-state index in [1.165, 1.54) is 0 Å². The molecule has 0 bridgehead atoms. The Kier molecular flexibility index (Phi) is 5.83. The number of carbonyl (C=O) groups excluding carboxylic acids is 2. The van der Waals surface area contributed by atoms with Crippen molar-refractivity contribution in [2.45, 2.75) is 18.4 Å². The fraction of sp³-hybridized carbons (Fsp3) is 0.263. The van der Waals surface area contributed by atoms with Gasteiger partial charge in [-0.25, -0.2) is 13.2 Å². The van der Waals surface area contributed by atoms with Gasteiger partial charge in [0.25, 0.3) is 11.8 Å². The second-order valence-electron chi connectivity index (χ2n) is 6.39. The molecule has 1 fully saturated rings. The topological polar surface area (TPSA) is 67.4 Å². The Morgan fingerprint density at radius 2 is 1.72 bits per heavy atom. The SMILES string of the molecule is O=C(Nc1ccc(F)c(F)c1)c1ccc(F)c(C(F)(F)C(=O)N[C@H]2CCOC2)c1. The van der Waals surface area contributed by atoms with Gasteiger partial charge in [0.2, 0.25) is 0 Å². The average molecular weight is 414 g/mol. The van der Waals surface area contributed by atoms with Gasteiger partial charge in [0, 0.05) is 23.9 Å². The number of halogens is 5. The molecule has 5 nitrogen and oxygen atoms in total. The lowest BCUT2D eigenvalue weighted by Gasteiger charge is -2.20. The van der Waals surface area contributed by atoms with Crippen LogP contribution in [-0.2, 0) is 15.5 Å². The van der Waals surface area contributed by atoms with Gasteiger partial charge in [-0.3, -0.25) is 9.59 Å². The largest absolute Gasteiger partial charge is 0.379 e. The number of alkyl halides is 2. The van der Waals surface area contributed by atoms with E-state index in [0.29, 0.717) is 31.2 Å². The molecule has 2 N–H and O–H groups in total. The third-order valence-electron chi connectivity index (χ3n) is 4.29.